The SMILES string of the molecule is O=c1c2ccccc2[nH]c2c1c(C(F)(F)C(F)(F)C(F)(F)F)nn2-c1ccccc1. The molecule has 4 rings (SSSR count). The first-order valence-corrected chi connectivity index (χ1v) is 8.39. The van der Waals surface area contributed by atoms with Crippen molar-refractivity contribution in [3.8, 4) is 5.69 Å². The second kappa shape index (κ2) is 6.31. The summed E-state index contributed by atoms with van der Waals surface area (Å²) in [6, 6.07) is 12.8. The molecular formula is C19H10F7N3O. The molecule has 0 radical (unpaired) electrons. The third-order valence-corrected chi connectivity index (χ3v) is 4.59. The number of aromatic nitrogens is 3. The van der Waals surface area contributed by atoms with Gasteiger partial charge in [0.1, 0.15) is 5.65 Å². The van der Waals surface area contributed by atoms with E-state index >= 15 is 0 Å². The summed E-state index contributed by atoms with van der Waals surface area (Å²) in [6.07, 6.45) is -6.57. The molecule has 0 amide bonds. The molecule has 2 aromatic heterocycles. The largest absolute Gasteiger partial charge is 0.460 e. The first-order chi connectivity index (χ1) is 14.0. The van der Waals surface area contributed by atoms with Crippen molar-refractivity contribution in [2.24, 2.45) is 0 Å². The lowest BCUT2D eigenvalue weighted by Gasteiger charge is -2.26. The molecule has 0 unspecified atom stereocenters. The molecule has 0 atom stereocenters. The topological polar surface area (TPSA) is 50.7 Å². The van der Waals surface area contributed by atoms with Gasteiger partial charge in [-0.25, -0.2) is 4.68 Å². The lowest BCUT2D eigenvalue weighted by Crippen LogP contribution is -2.50. The van der Waals surface area contributed by atoms with Gasteiger partial charge in [-0.3, -0.25) is 4.79 Å². The summed E-state index contributed by atoms with van der Waals surface area (Å²) < 4.78 is 95.6. The van der Waals surface area contributed by atoms with Crippen LogP contribution in [-0.2, 0) is 5.92 Å². The summed E-state index contributed by atoms with van der Waals surface area (Å²) in [7, 11) is 0. The number of hydrogen-bond acceptors (Lipinski definition) is 2. The van der Waals surface area contributed by atoms with Crippen molar-refractivity contribution in [2.45, 2.75) is 18.0 Å². The fraction of sp³-hybridized carbons (Fsp3) is 0.158. The van der Waals surface area contributed by atoms with Crippen LogP contribution in [0.5, 0.6) is 0 Å². The number of rotatable bonds is 3. The van der Waals surface area contributed by atoms with Crippen LogP contribution in [-0.4, -0.2) is 26.9 Å². The number of halogens is 7. The lowest BCUT2D eigenvalue weighted by molar-refractivity contribution is -0.360. The molecule has 0 saturated heterocycles. The van der Waals surface area contributed by atoms with E-state index in [4.69, 9.17) is 0 Å². The highest BCUT2D eigenvalue weighted by Gasteiger charge is 2.75. The molecule has 2 aromatic carbocycles. The summed E-state index contributed by atoms with van der Waals surface area (Å²) in [6.45, 7) is 0. The van der Waals surface area contributed by atoms with Crippen molar-refractivity contribution in [3.05, 3.63) is 70.5 Å². The molecule has 4 nitrogen and oxygen atoms in total. The van der Waals surface area contributed by atoms with Gasteiger partial charge in [0.05, 0.1) is 16.6 Å². The number of para-hydroxylation sites is 2. The van der Waals surface area contributed by atoms with Gasteiger partial charge in [-0.05, 0) is 24.3 Å². The highest BCUT2D eigenvalue weighted by atomic mass is 19.4. The van der Waals surface area contributed by atoms with Crippen molar-refractivity contribution in [3.63, 3.8) is 0 Å². The molecule has 1 N–H and O–H groups in total. The summed E-state index contributed by atoms with van der Waals surface area (Å²) in [5.41, 5.74) is -3.29. The molecule has 11 heteroatoms. The maximum Gasteiger partial charge on any atom is 0.460 e. The predicted molar refractivity (Wildman–Crippen MR) is 94.1 cm³/mol. The second-order valence-corrected chi connectivity index (χ2v) is 6.47. The predicted octanol–water partition coefficient (Wildman–Crippen LogP) is 5.16. The van der Waals surface area contributed by atoms with Crippen LogP contribution in [0.3, 0.4) is 0 Å². The lowest BCUT2D eigenvalue weighted by atomic mass is 10.0. The number of nitrogens with one attached hydrogen (secondary N) is 1. The van der Waals surface area contributed by atoms with Gasteiger partial charge in [-0.1, -0.05) is 30.3 Å². The van der Waals surface area contributed by atoms with Gasteiger partial charge >= 0.3 is 18.0 Å². The standard InChI is InChI=1S/C19H10F7N3O/c20-17(21,18(22,23)19(24,25)26)15-13-14(30)11-8-4-5-9-12(11)27-16(13)29(28-15)10-6-2-1-3-7-10/h1-9H,(H,27,30). The fourth-order valence-electron chi connectivity index (χ4n) is 3.10. The maximum absolute atomic E-state index is 14.6. The Bertz CT molecular complexity index is 1310. The first kappa shape index (κ1) is 19.9. The zero-order chi connectivity index (χ0) is 21.9. The van der Waals surface area contributed by atoms with E-state index in [0.717, 1.165) is 0 Å². The molecule has 156 valence electrons. The molecule has 0 saturated carbocycles. The molecule has 0 spiro atoms. The quantitative estimate of drug-likeness (QED) is 0.458. The molecule has 0 fully saturated rings. The van der Waals surface area contributed by atoms with Crippen molar-refractivity contribution in [2.75, 3.05) is 0 Å². The molecule has 0 bridgehead atoms. The smallest absolute Gasteiger partial charge is 0.339 e. The number of H-pyrrole nitrogens is 1. The van der Waals surface area contributed by atoms with Crippen LogP contribution >= 0.6 is 0 Å². The molecule has 0 aliphatic carbocycles. The average molecular weight is 429 g/mol. The monoisotopic (exact) mass is 429 g/mol. The van der Waals surface area contributed by atoms with Crippen LogP contribution in [0.15, 0.2) is 59.4 Å². The van der Waals surface area contributed by atoms with Gasteiger partial charge in [0, 0.05) is 5.39 Å². The summed E-state index contributed by atoms with van der Waals surface area (Å²) in [4.78, 5) is 15.5. The Morgan fingerprint density at radius 1 is 0.833 bits per heavy atom. The minimum Gasteiger partial charge on any atom is -0.339 e. The van der Waals surface area contributed by atoms with E-state index in [1.165, 1.54) is 48.5 Å². The van der Waals surface area contributed by atoms with Crippen molar-refractivity contribution >= 4 is 21.9 Å². The minimum atomic E-state index is -6.57. The highest BCUT2D eigenvalue weighted by molar-refractivity contribution is 5.93. The Morgan fingerprint density at radius 3 is 2.07 bits per heavy atom. The Labute approximate surface area is 162 Å². The zero-order valence-corrected chi connectivity index (χ0v) is 14.6. The Balaban J connectivity index is 2.16. The Morgan fingerprint density at radius 2 is 1.43 bits per heavy atom. The second-order valence-electron chi connectivity index (χ2n) is 6.47. The number of pyridine rings is 1. The average Bonchev–Trinajstić information content (AvgIpc) is 3.08. The normalized spacial score (nSPS) is 13.3. The number of fused-ring (bicyclic) bond motifs is 2. The van der Waals surface area contributed by atoms with Gasteiger partial charge in [0.15, 0.2) is 5.69 Å². The maximum atomic E-state index is 14.6. The van der Waals surface area contributed by atoms with Crippen LogP contribution < -0.4 is 5.43 Å². The van der Waals surface area contributed by atoms with E-state index in [-0.39, 0.29) is 16.6 Å². The molecule has 0 aliphatic rings. The third kappa shape index (κ3) is 2.68. The van der Waals surface area contributed by atoms with Crippen LogP contribution in [0, 0.1) is 0 Å². The molecular weight excluding hydrogens is 419 g/mol. The van der Waals surface area contributed by atoms with E-state index in [2.05, 4.69) is 10.1 Å². The van der Waals surface area contributed by atoms with Crippen LogP contribution in [0.2, 0.25) is 0 Å². The van der Waals surface area contributed by atoms with Crippen LogP contribution in [0.4, 0.5) is 30.7 Å². The number of benzene rings is 2. The number of alkyl halides is 7. The first-order valence-electron chi connectivity index (χ1n) is 8.39. The van der Waals surface area contributed by atoms with Crippen molar-refractivity contribution in [1.29, 1.82) is 0 Å². The highest BCUT2D eigenvalue weighted by Crippen LogP contribution is 2.52. The summed E-state index contributed by atoms with van der Waals surface area (Å²) in [5, 5.41) is 2.14. The van der Waals surface area contributed by atoms with E-state index in [1.54, 1.807) is 6.07 Å². The Kier molecular flexibility index (Phi) is 4.19. The van der Waals surface area contributed by atoms with Gasteiger partial charge in [0.2, 0.25) is 5.43 Å². The summed E-state index contributed by atoms with van der Waals surface area (Å²) >= 11 is 0. The summed E-state index contributed by atoms with van der Waals surface area (Å²) in [5.74, 6) is -12.3. The fourth-order valence-corrected chi connectivity index (χ4v) is 3.10. The van der Waals surface area contributed by atoms with E-state index < -0.39 is 40.2 Å². The van der Waals surface area contributed by atoms with E-state index in [1.807, 2.05) is 0 Å². The van der Waals surface area contributed by atoms with E-state index in [9.17, 15) is 35.5 Å². The van der Waals surface area contributed by atoms with Crippen molar-refractivity contribution in [1.82, 2.24) is 14.8 Å². The minimum absolute atomic E-state index is 0.0748. The molecule has 30 heavy (non-hydrogen) atoms. The van der Waals surface area contributed by atoms with Gasteiger partial charge in [0.25, 0.3) is 0 Å². The van der Waals surface area contributed by atoms with E-state index in [0.29, 0.717) is 4.68 Å². The number of aromatic amines is 1. The van der Waals surface area contributed by atoms with Crippen LogP contribution in [0.1, 0.15) is 5.69 Å². The van der Waals surface area contributed by atoms with Gasteiger partial charge in [-0.15, -0.1) is 0 Å². The number of nitrogens with zero attached hydrogens (tertiary/aromatic N) is 2. The third-order valence-electron chi connectivity index (χ3n) is 4.59. The molecule has 2 heterocycles. The number of hydrogen-bond donors (Lipinski definition) is 1. The molecule has 4 aromatic rings. The van der Waals surface area contributed by atoms with Gasteiger partial charge in [-0.2, -0.15) is 35.8 Å². The molecule has 0 aliphatic heterocycles. The van der Waals surface area contributed by atoms with Gasteiger partial charge < -0.3 is 4.98 Å². The zero-order valence-electron chi connectivity index (χ0n) is 14.6. The van der Waals surface area contributed by atoms with Crippen molar-refractivity contribution < 1.29 is 30.7 Å². The Hall–Kier alpha value is -3.37. The van der Waals surface area contributed by atoms with Crippen LogP contribution in [0.25, 0.3) is 27.6 Å².